The second-order valence-corrected chi connectivity index (χ2v) is 2.54. The molecule has 0 unspecified atom stereocenters. The number of nitrogens with one attached hydrogen (secondary N) is 1. The molecule has 0 spiro atoms. The number of rotatable bonds is 6. The second kappa shape index (κ2) is 5.74. The average Bonchev–Trinajstić information content (AvgIpc) is 2.10. The first-order valence-electron chi connectivity index (χ1n) is 3.85. The first-order valence-corrected chi connectivity index (χ1v) is 3.85. The normalized spacial score (nSPS) is 11.4. The third-order valence-corrected chi connectivity index (χ3v) is 1.45. The zero-order valence-electron chi connectivity index (χ0n) is 7.40. The van der Waals surface area contributed by atoms with Crippen molar-refractivity contribution in [3.8, 4) is 0 Å². The van der Waals surface area contributed by atoms with Crippen LogP contribution in [0.2, 0.25) is 0 Å². The van der Waals surface area contributed by atoms with Crippen molar-refractivity contribution in [1.82, 2.24) is 5.32 Å². The molecule has 0 fully saturated rings. The molecule has 0 saturated carbocycles. The Morgan fingerprint density at radius 3 is 2.29 bits per heavy atom. The van der Waals surface area contributed by atoms with Crippen molar-refractivity contribution in [3.05, 3.63) is 12.7 Å². The molecule has 0 radical (unpaired) electrons. The highest BCUT2D eigenvalue weighted by atomic mass is 16.4. The molecule has 6 heteroatoms. The average molecular weight is 201 g/mol. The van der Waals surface area contributed by atoms with Crippen LogP contribution in [0.1, 0.15) is 12.8 Å². The van der Waals surface area contributed by atoms with Gasteiger partial charge in [0.2, 0.25) is 5.91 Å². The van der Waals surface area contributed by atoms with E-state index in [0.717, 1.165) is 6.08 Å². The van der Waals surface area contributed by atoms with Gasteiger partial charge in [-0.3, -0.25) is 9.59 Å². The molecule has 78 valence electrons. The van der Waals surface area contributed by atoms with Crippen LogP contribution in [0.15, 0.2) is 12.7 Å². The molecule has 14 heavy (non-hydrogen) atoms. The Bertz CT molecular complexity index is 260. The third-order valence-electron chi connectivity index (χ3n) is 1.45. The van der Waals surface area contributed by atoms with Crippen molar-refractivity contribution in [1.29, 1.82) is 0 Å². The molecule has 0 aliphatic rings. The van der Waals surface area contributed by atoms with E-state index in [9.17, 15) is 14.4 Å². The summed E-state index contributed by atoms with van der Waals surface area (Å²) in [5.41, 5.74) is 0. The van der Waals surface area contributed by atoms with E-state index in [2.05, 4.69) is 11.9 Å². The fraction of sp³-hybridized carbons (Fsp3) is 0.375. The van der Waals surface area contributed by atoms with E-state index in [1.807, 2.05) is 0 Å². The molecule has 0 aromatic rings. The molecular formula is C8H11NO5. The summed E-state index contributed by atoms with van der Waals surface area (Å²) in [5.74, 6) is -3.01. The van der Waals surface area contributed by atoms with Crippen molar-refractivity contribution in [3.63, 3.8) is 0 Å². The Morgan fingerprint density at radius 1 is 1.36 bits per heavy atom. The van der Waals surface area contributed by atoms with Gasteiger partial charge < -0.3 is 15.5 Å². The van der Waals surface area contributed by atoms with E-state index in [-0.39, 0.29) is 12.8 Å². The Hall–Kier alpha value is -1.85. The van der Waals surface area contributed by atoms with Crippen LogP contribution in [0.25, 0.3) is 0 Å². The van der Waals surface area contributed by atoms with Crippen LogP contribution < -0.4 is 5.32 Å². The van der Waals surface area contributed by atoms with Crippen LogP contribution in [0, 0.1) is 0 Å². The molecule has 6 nitrogen and oxygen atoms in total. The molecule has 3 N–H and O–H groups in total. The highest BCUT2D eigenvalue weighted by Crippen LogP contribution is 1.97. The second-order valence-electron chi connectivity index (χ2n) is 2.54. The first-order chi connectivity index (χ1) is 6.47. The van der Waals surface area contributed by atoms with Gasteiger partial charge in [-0.25, -0.2) is 4.79 Å². The van der Waals surface area contributed by atoms with Gasteiger partial charge in [-0.05, 0) is 12.5 Å². The minimum absolute atomic E-state index is 0.149. The minimum Gasteiger partial charge on any atom is -0.481 e. The van der Waals surface area contributed by atoms with Gasteiger partial charge in [0, 0.05) is 6.42 Å². The number of carboxylic acids is 2. The van der Waals surface area contributed by atoms with Crippen LogP contribution in [0.3, 0.4) is 0 Å². The number of hydrogen-bond donors (Lipinski definition) is 3. The van der Waals surface area contributed by atoms with E-state index in [0.29, 0.717) is 0 Å². The molecular weight excluding hydrogens is 190 g/mol. The lowest BCUT2D eigenvalue weighted by molar-refractivity contribution is -0.142. The minimum atomic E-state index is -1.26. The maximum absolute atomic E-state index is 10.7. The van der Waals surface area contributed by atoms with Crippen molar-refractivity contribution in [2.45, 2.75) is 18.9 Å². The molecule has 1 amide bonds. The largest absolute Gasteiger partial charge is 0.481 e. The van der Waals surface area contributed by atoms with Gasteiger partial charge in [-0.1, -0.05) is 6.58 Å². The Balaban J connectivity index is 4.15. The number of carbonyl (C=O) groups is 3. The number of aliphatic carboxylic acids is 2. The molecule has 0 aliphatic heterocycles. The van der Waals surface area contributed by atoms with Gasteiger partial charge in [0.05, 0.1) is 0 Å². The first kappa shape index (κ1) is 12.2. The van der Waals surface area contributed by atoms with Crippen LogP contribution >= 0.6 is 0 Å². The molecule has 0 rings (SSSR count). The lowest BCUT2D eigenvalue weighted by Gasteiger charge is -2.11. The van der Waals surface area contributed by atoms with Gasteiger partial charge >= 0.3 is 11.9 Å². The van der Waals surface area contributed by atoms with Gasteiger partial charge in [-0.15, -0.1) is 0 Å². The third kappa shape index (κ3) is 4.91. The van der Waals surface area contributed by atoms with Gasteiger partial charge in [0.1, 0.15) is 6.04 Å². The van der Waals surface area contributed by atoms with Crippen LogP contribution in [-0.4, -0.2) is 34.1 Å². The van der Waals surface area contributed by atoms with E-state index < -0.39 is 23.9 Å². The zero-order valence-corrected chi connectivity index (χ0v) is 7.40. The molecule has 0 aliphatic carbocycles. The van der Waals surface area contributed by atoms with Crippen molar-refractivity contribution in [2.75, 3.05) is 0 Å². The molecule has 0 bridgehead atoms. The fourth-order valence-corrected chi connectivity index (χ4v) is 0.756. The number of carbonyl (C=O) groups excluding carboxylic acids is 1. The van der Waals surface area contributed by atoms with E-state index in [1.165, 1.54) is 0 Å². The van der Waals surface area contributed by atoms with E-state index in [1.54, 1.807) is 0 Å². The SMILES string of the molecule is C=CC(=O)N[C@H](CCC(=O)O)C(=O)O. The van der Waals surface area contributed by atoms with Crippen molar-refractivity contribution >= 4 is 17.8 Å². The quantitative estimate of drug-likeness (QED) is 0.507. The predicted molar refractivity (Wildman–Crippen MR) is 46.6 cm³/mol. The topological polar surface area (TPSA) is 104 Å². The van der Waals surface area contributed by atoms with Crippen molar-refractivity contribution < 1.29 is 24.6 Å². The number of hydrogen-bond acceptors (Lipinski definition) is 3. The fourth-order valence-electron chi connectivity index (χ4n) is 0.756. The maximum atomic E-state index is 10.7. The van der Waals surface area contributed by atoms with Crippen LogP contribution in [-0.2, 0) is 14.4 Å². The van der Waals surface area contributed by atoms with Gasteiger partial charge in [-0.2, -0.15) is 0 Å². The lowest BCUT2D eigenvalue weighted by Crippen LogP contribution is -2.40. The molecule has 0 aromatic heterocycles. The molecule has 0 heterocycles. The van der Waals surface area contributed by atoms with E-state index in [4.69, 9.17) is 10.2 Å². The Kier molecular flexibility index (Phi) is 4.98. The molecule has 0 aromatic carbocycles. The smallest absolute Gasteiger partial charge is 0.326 e. The summed E-state index contributed by atoms with van der Waals surface area (Å²) < 4.78 is 0. The van der Waals surface area contributed by atoms with Crippen LogP contribution in [0.5, 0.6) is 0 Å². The summed E-state index contributed by atoms with van der Waals surface area (Å²) in [5, 5.41) is 19.0. The maximum Gasteiger partial charge on any atom is 0.326 e. The predicted octanol–water partition coefficient (Wildman–Crippen LogP) is -0.393. The summed E-state index contributed by atoms with van der Waals surface area (Å²) in [4.78, 5) is 31.4. The highest BCUT2D eigenvalue weighted by molar-refractivity contribution is 5.90. The Labute approximate surface area is 80.2 Å². The summed E-state index contributed by atoms with van der Waals surface area (Å²) in [6.07, 6.45) is 0.468. The zero-order chi connectivity index (χ0) is 11.1. The standard InChI is InChI=1S/C8H11NO5/c1-2-6(10)9-5(8(13)14)3-4-7(11)12/h2,5H,1,3-4H2,(H,9,10)(H,11,12)(H,13,14)/t5-/m1/s1. The van der Waals surface area contributed by atoms with Gasteiger partial charge in [0.25, 0.3) is 0 Å². The number of carboxylic acid groups (broad SMARTS) is 2. The van der Waals surface area contributed by atoms with Crippen LogP contribution in [0.4, 0.5) is 0 Å². The summed E-state index contributed by atoms with van der Waals surface area (Å²) in [7, 11) is 0. The summed E-state index contributed by atoms with van der Waals surface area (Å²) in [6, 6.07) is -1.18. The highest BCUT2D eigenvalue weighted by Gasteiger charge is 2.19. The molecule has 0 saturated heterocycles. The summed E-state index contributed by atoms with van der Waals surface area (Å²) in [6.45, 7) is 3.15. The van der Waals surface area contributed by atoms with E-state index >= 15 is 0 Å². The van der Waals surface area contributed by atoms with Gasteiger partial charge in [0.15, 0.2) is 0 Å². The molecule has 1 atom stereocenters. The Morgan fingerprint density at radius 2 is 1.93 bits per heavy atom. The van der Waals surface area contributed by atoms with Crippen molar-refractivity contribution in [2.24, 2.45) is 0 Å². The number of amides is 1. The summed E-state index contributed by atoms with van der Waals surface area (Å²) >= 11 is 0. The lowest BCUT2D eigenvalue weighted by atomic mass is 10.1. The monoisotopic (exact) mass is 201 g/mol.